The molecule has 1 amide bonds. The quantitative estimate of drug-likeness (QED) is 0.198. The van der Waals surface area contributed by atoms with Crippen LogP contribution in [-0.4, -0.2) is 32.5 Å². The molecule has 1 aliphatic carbocycles. The number of anilines is 3. The number of halogens is 1. The van der Waals surface area contributed by atoms with Crippen molar-refractivity contribution in [1.82, 2.24) is 5.32 Å². The van der Waals surface area contributed by atoms with Crippen LogP contribution in [0.1, 0.15) is 57.7 Å². The van der Waals surface area contributed by atoms with Gasteiger partial charge < -0.3 is 25.8 Å². The Kier molecular flexibility index (Phi) is 8.74. The van der Waals surface area contributed by atoms with Crippen molar-refractivity contribution in [3.63, 3.8) is 0 Å². The summed E-state index contributed by atoms with van der Waals surface area (Å²) < 4.78 is 10.8. The van der Waals surface area contributed by atoms with E-state index in [-0.39, 0.29) is 27.8 Å². The van der Waals surface area contributed by atoms with Crippen molar-refractivity contribution < 1.29 is 19.1 Å². The Labute approximate surface area is 225 Å². The maximum absolute atomic E-state index is 13.4. The standard InChI is InChI=1S/C28H30ClN3O4S/c1-35-20-12-13-21(22(16-20)36-2)32-28-23(27(34)31-15-14-17-6-4-3-5-7-17)24(30)26(37-28)25(33)18-8-10-19(29)11-9-18/h6,8-13,16,32H,3-5,7,14-15,30H2,1-2H3,(H,31,34). The number of ketones is 1. The first-order chi connectivity index (χ1) is 17.9. The highest BCUT2D eigenvalue weighted by atomic mass is 35.5. The van der Waals surface area contributed by atoms with Crippen molar-refractivity contribution in [2.75, 3.05) is 31.8 Å². The minimum Gasteiger partial charge on any atom is -0.497 e. The van der Waals surface area contributed by atoms with E-state index in [0.29, 0.717) is 39.3 Å². The lowest BCUT2D eigenvalue weighted by atomic mass is 9.97. The van der Waals surface area contributed by atoms with Crippen LogP contribution in [-0.2, 0) is 0 Å². The molecule has 0 unspecified atom stereocenters. The van der Waals surface area contributed by atoms with Crippen molar-refractivity contribution in [1.29, 1.82) is 0 Å². The third kappa shape index (κ3) is 6.26. The van der Waals surface area contributed by atoms with E-state index in [1.165, 1.54) is 18.4 Å². The smallest absolute Gasteiger partial charge is 0.256 e. The number of hydrogen-bond acceptors (Lipinski definition) is 7. The minimum atomic E-state index is -0.338. The zero-order chi connectivity index (χ0) is 26.4. The zero-order valence-electron chi connectivity index (χ0n) is 20.9. The number of nitrogen functional groups attached to an aromatic ring is 1. The zero-order valence-corrected chi connectivity index (χ0v) is 22.4. The third-order valence-electron chi connectivity index (χ3n) is 6.26. The average Bonchev–Trinajstić information content (AvgIpc) is 3.24. The molecule has 0 atom stereocenters. The van der Waals surface area contributed by atoms with Crippen LogP contribution in [0, 0.1) is 0 Å². The predicted molar refractivity (Wildman–Crippen MR) is 150 cm³/mol. The second kappa shape index (κ2) is 12.2. The minimum absolute atomic E-state index is 0.134. The molecule has 0 saturated carbocycles. The summed E-state index contributed by atoms with van der Waals surface area (Å²) in [4.78, 5) is 27.0. The third-order valence-corrected chi connectivity index (χ3v) is 7.63. The molecular formula is C28H30ClN3O4S. The van der Waals surface area contributed by atoms with Gasteiger partial charge in [-0.15, -0.1) is 11.3 Å². The fraction of sp³-hybridized carbons (Fsp3) is 0.286. The van der Waals surface area contributed by atoms with Crippen LogP contribution in [0.25, 0.3) is 0 Å². The monoisotopic (exact) mass is 539 g/mol. The summed E-state index contributed by atoms with van der Waals surface area (Å²) >= 11 is 7.12. The number of amides is 1. The summed E-state index contributed by atoms with van der Waals surface area (Å²) in [5.74, 6) is 0.528. The Morgan fingerprint density at radius 3 is 2.54 bits per heavy atom. The number of rotatable bonds is 10. The lowest BCUT2D eigenvalue weighted by Crippen LogP contribution is -2.26. The lowest BCUT2D eigenvalue weighted by molar-refractivity contribution is 0.0956. The maximum atomic E-state index is 13.4. The molecule has 0 radical (unpaired) electrons. The molecule has 1 aliphatic rings. The van der Waals surface area contributed by atoms with Gasteiger partial charge in [-0.3, -0.25) is 9.59 Å². The molecule has 0 saturated heterocycles. The maximum Gasteiger partial charge on any atom is 0.256 e. The Bertz CT molecular complexity index is 1320. The van der Waals surface area contributed by atoms with Gasteiger partial charge in [-0.1, -0.05) is 23.3 Å². The molecule has 0 aliphatic heterocycles. The summed E-state index contributed by atoms with van der Waals surface area (Å²) in [5, 5.41) is 7.22. The summed E-state index contributed by atoms with van der Waals surface area (Å²) in [7, 11) is 3.12. The summed E-state index contributed by atoms with van der Waals surface area (Å²) in [6, 6.07) is 11.9. The number of allylic oxidation sites excluding steroid dienone is 1. The van der Waals surface area contributed by atoms with Gasteiger partial charge in [-0.25, -0.2) is 0 Å². The van der Waals surface area contributed by atoms with Gasteiger partial charge >= 0.3 is 0 Å². The number of hydrogen-bond donors (Lipinski definition) is 3. The Balaban J connectivity index is 1.65. The van der Waals surface area contributed by atoms with Crippen molar-refractivity contribution in [3.8, 4) is 11.5 Å². The first kappa shape index (κ1) is 26.6. The first-order valence-corrected chi connectivity index (χ1v) is 13.3. The molecule has 4 N–H and O–H groups in total. The molecular weight excluding hydrogens is 510 g/mol. The number of carbonyl (C=O) groups is 2. The molecule has 1 aromatic heterocycles. The number of methoxy groups -OCH3 is 2. The number of thiophene rings is 1. The summed E-state index contributed by atoms with van der Waals surface area (Å²) in [5.41, 5.74) is 9.23. The van der Waals surface area contributed by atoms with Crippen LogP contribution in [0.3, 0.4) is 0 Å². The molecule has 1 heterocycles. The van der Waals surface area contributed by atoms with Gasteiger partial charge in [-0.05, 0) is 68.5 Å². The van der Waals surface area contributed by atoms with Crippen LogP contribution < -0.4 is 25.8 Å². The van der Waals surface area contributed by atoms with Crippen molar-refractivity contribution in [3.05, 3.63) is 75.1 Å². The number of ether oxygens (including phenoxy) is 2. The highest BCUT2D eigenvalue weighted by Crippen LogP contribution is 2.41. The van der Waals surface area contributed by atoms with Gasteiger partial charge in [0.25, 0.3) is 5.91 Å². The normalized spacial score (nSPS) is 13.0. The van der Waals surface area contributed by atoms with Crippen LogP contribution in [0.15, 0.2) is 54.1 Å². The number of carbonyl (C=O) groups excluding carboxylic acids is 2. The van der Waals surface area contributed by atoms with Gasteiger partial charge in [-0.2, -0.15) is 0 Å². The SMILES string of the molecule is COc1ccc(Nc2sc(C(=O)c3ccc(Cl)cc3)c(N)c2C(=O)NCCC2=CCCCC2)c(OC)c1. The van der Waals surface area contributed by atoms with Crippen molar-refractivity contribution >= 4 is 51.0 Å². The molecule has 194 valence electrons. The molecule has 3 aromatic rings. The summed E-state index contributed by atoms with van der Waals surface area (Å²) in [6.07, 6.45) is 7.62. The van der Waals surface area contributed by atoms with Gasteiger partial charge in [0.15, 0.2) is 0 Å². The van der Waals surface area contributed by atoms with E-state index in [1.54, 1.807) is 56.7 Å². The van der Waals surface area contributed by atoms with Crippen LogP contribution in [0.4, 0.5) is 16.4 Å². The second-order valence-electron chi connectivity index (χ2n) is 8.69. The fourth-order valence-electron chi connectivity index (χ4n) is 4.24. The Morgan fingerprint density at radius 1 is 1.08 bits per heavy atom. The van der Waals surface area contributed by atoms with E-state index in [0.717, 1.165) is 30.6 Å². The Morgan fingerprint density at radius 2 is 1.86 bits per heavy atom. The van der Waals surface area contributed by atoms with E-state index in [9.17, 15) is 9.59 Å². The van der Waals surface area contributed by atoms with E-state index in [4.69, 9.17) is 26.8 Å². The number of benzene rings is 2. The van der Waals surface area contributed by atoms with Gasteiger partial charge in [0.05, 0.1) is 31.2 Å². The first-order valence-electron chi connectivity index (χ1n) is 12.1. The highest BCUT2D eigenvalue weighted by molar-refractivity contribution is 7.19. The molecule has 0 fully saturated rings. The predicted octanol–water partition coefficient (Wildman–Crippen LogP) is 6.60. The van der Waals surface area contributed by atoms with Crippen molar-refractivity contribution in [2.45, 2.75) is 32.1 Å². The topological polar surface area (TPSA) is 103 Å². The molecule has 37 heavy (non-hydrogen) atoms. The van der Waals surface area contributed by atoms with Crippen molar-refractivity contribution in [2.24, 2.45) is 0 Å². The van der Waals surface area contributed by atoms with Gasteiger partial charge in [0.2, 0.25) is 5.78 Å². The van der Waals surface area contributed by atoms with Gasteiger partial charge in [0.1, 0.15) is 21.4 Å². The van der Waals surface area contributed by atoms with E-state index < -0.39 is 0 Å². The molecule has 9 heteroatoms. The van der Waals surface area contributed by atoms with E-state index >= 15 is 0 Å². The molecule has 2 aromatic carbocycles. The highest BCUT2D eigenvalue weighted by Gasteiger charge is 2.27. The van der Waals surface area contributed by atoms with E-state index in [2.05, 4.69) is 16.7 Å². The number of nitrogens with two attached hydrogens (primary N) is 1. The molecule has 0 spiro atoms. The lowest BCUT2D eigenvalue weighted by Gasteiger charge is -2.14. The largest absolute Gasteiger partial charge is 0.497 e. The molecule has 7 nitrogen and oxygen atoms in total. The summed E-state index contributed by atoms with van der Waals surface area (Å²) in [6.45, 7) is 0.492. The second-order valence-corrected chi connectivity index (χ2v) is 10.1. The van der Waals surface area contributed by atoms with Crippen LogP contribution in [0.5, 0.6) is 11.5 Å². The average molecular weight is 540 g/mol. The molecule has 0 bridgehead atoms. The molecule has 4 rings (SSSR count). The van der Waals surface area contributed by atoms with E-state index in [1.807, 2.05) is 0 Å². The fourth-order valence-corrected chi connectivity index (χ4v) is 5.46. The van der Waals surface area contributed by atoms with Crippen LogP contribution >= 0.6 is 22.9 Å². The van der Waals surface area contributed by atoms with Crippen LogP contribution in [0.2, 0.25) is 5.02 Å². The van der Waals surface area contributed by atoms with Gasteiger partial charge in [0, 0.05) is 23.2 Å². The Hall–Kier alpha value is -3.49. The number of nitrogens with one attached hydrogen (secondary N) is 2.